The van der Waals surface area contributed by atoms with Crippen molar-refractivity contribution < 1.29 is 9.15 Å². The smallest absolute Gasteiger partial charge is 0.139 e. The summed E-state index contributed by atoms with van der Waals surface area (Å²) in [4.78, 5) is 4.38. The van der Waals surface area contributed by atoms with Crippen LogP contribution in [0.3, 0.4) is 0 Å². The molecule has 2 heterocycles. The zero-order chi connectivity index (χ0) is 11.7. The van der Waals surface area contributed by atoms with E-state index in [0.29, 0.717) is 12.1 Å². The summed E-state index contributed by atoms with van der Waals surface area (Å²) in [5.41, 5.74) is 0.879. The number of methoxy groups -OCH3 is 1. The van der Waals surface area contributed by atoms with Crippen molar-refractivity contribution in [2.24, 2.45) is 0 Å². The van der Waals surface area contributed by atoms with Crippen molar-refractivity contribution in [3.8, 4) is 0 Å². The first-order valence-corrected chi connectivity index (χ1v) is 5.98. The molecule has 1 aliphatic carbocycles. The Balaban J connectivity index is 1.79. The van der Waals surface area contributed by atoms with Gasteiger partial charge in [0, 0.05) is 19.3 Å². The summed E-state index contributed by atoms with van der Waals surface area (Å²) < 4.78 is 10.7. The van der Waals surface area contributed by atoms with E-state index in [1.165, 1.54) is 0 Å². The van der Waals surface area contributed by atoms with Crippen LogP contribution in [0.15, 0.2) is 29.0 Å². The second-order valence-electron chi connectivity index (χ2n) is 4.50. The zero-order valence-corrected chi connectivity index (χ0v) is 9.85. The maximum Gasteiger partial charge on any atom is 0.139 e. The van der Waals surface area contributed by atoms with Crippen LogP contribution in [0.4, 0.5) is 5.82 Å². The lowest BCUT2D eigenvalue weighted by Crippen LogP contribution is -2.18. The van der Waals surface area contributed by atoms with Crippen LogP contribution in [0.5, 0.6) is 0 Å². The van der Waals surface area contributed by atoms with Crippen LogP contribution in [0.25, 0.3) is 11.0 Å². The summed E-state index contributed by atoms with van der Waals surface area (Å²) in [5.74, 6) is 0.915. The van der Waals surface area contributed by atoms with Gasteiger partial charge >= 0.3 is 0 Å². The summed E-state index contributed by atoms with van der Waals surface area (Å²) in [7, 11) is 1.78. The van der Waals surface area contributed by atoms with E-state index in [4.69, 9.17) is 9.15 Å². The van der Waals surface area contributed by atoms with Gasteiger partial charge in [-0.2, -0.15) is 0 Å². The van der Waals surface area contributed by atoms with E-state index in [1.807, 2.05) is 12.1 Å². The summed E-state index contributed by atoms with van der Waals surface area (Å²) in [6.45, 7) is 0. The van der Waals surface area contributed by atoms with Gasteiger partial charge < -0.3 is 14.5 Å². The third-order valence-corrected chi connectivity index (χ3v) is 3.44. The molecule has 1 aliphatic rings. The average molecular weight is 232 g/mol. The minimum absolute atomic E-state index is 0.385. The molecule has 0 bridgehead atoms. The van der Waals surface area contributed by atoms with Crippen molar-refractivity contribution >= 4 is 16.8 Å². The van der Waals surface area contributed by atoms with Gasteiger partial charge in [-0.05, 0) is 31.4 Å². The normalized spacial score (nSPS) is 24.3. The van der Waals surface area contributed by atoms with Gasteiger partial charge in [0.2, 0.25) is 0 Å². The molecule has 0 aromatic carbocycles. The van der Waals surface area contributed by atoms with Crippen molar-refractivity contribution in [2.45, 2.75) is 31.4 Å². The van der Waals surface area contributed by atoms with Gasteiger partial charge in [0.05, 0.1) is 17.8 Å². The maximum absolute atomic E-state index is 5.37. The van der Waals surface area contributed by atoms with Crippen molar-refractivity contribution in [3.63, 3.8) is 0 Å². The molecule has 2 aromatic heterocycles. The number of rotatable bonds is 3. The number of nitrogens with zero attached hydrogens (tertiary/aromatic N) is 1. The Bertz CT molecular complexity index is 509. The van der Waals surface area contributed by atoms with Crippen LogP contribution in [0.2, 0.25) is 0 Å². The predicted octanol–water partition coefficient (Wildman–Crippen LogP) is 2.81. The third kappa shape index (κ3) is 2.00. The number of hydrogen-bond donors (Lipinski definition) is 1. The average Bonchev–Trinajstić information content (AvgIpc) is 2.97. The zero-order valence-electron chi connectivity index (χ0n) is 9.85. The fraction of sp³-hybridized carbons (Fsp3) is 0.462. The highest BCUT2D eigenvalue weighted by atomic mass is 16.5. The molecule has 17 heavy (non-hydrogen) atoms. The molecule has 2 aromatic rings. The summed E-state index contributed by atoms with van der Waals surface area (Å²) in [5, 5.41) is 4.53. The molecule has 0 aliphatic heterocycles. The first-order valence-electron chi connectivity index (χ1n) is 5.98. The number of pyridine rings is 1. The molecular weight excluding hydrogens is 216 g/mol. The lowest BCUT2D eigenvalue weighted by Gasteiger charge is -2.13. The molecular formula is C13H16N2O2. The largest absolute Gasteiger partial charge is 0.464 e. The van der Waals surface area contributed by atoms with E-state index in [1.54, 1.807) is 19.6 Å². The highest BCUT2D eigenvalue weighted by Gasteiger charge is 2.24. The quantitative estimate of drug-likeness (QED) is 0.884. The second kappa shape index (κ2) is 4.37. The van der Waals surface area contributed by atoms with Gasteiger partial charge in [0.1, 0.15) is 11.4 Å². The first-order chi connectivity index (χ1) is 8.36. The molecule has 0 saturated heterocycles. The van der Waals surface area contributed by atoms with Crippen LogP contribution in [0, 0.1) is 0 Å². The fourth-order valence-corrected chi connectivity index (χ4v) is 2.49. The molecule has 2 unspecified atom stereocenters. The van der Waals surface area contributed by atoms with Gasteiger partial charge in [-0.1, -0.05) is 0 Å². The summed E-state index contributed by atoms with van der Waals surface area (Å²) in [6.07, 6.45) is 7.16. The Morgan fingerprint density at radius 3 is 3.18 bits per heavy atom. The van der Waals surface area contributed by atoms with E-state index in [2.05, 4.69) is 10.3 Å². The molecule has 1 N–H and O–H groups in total. The minimum atomic E-state index is 0.385. The third-order valence-electron chi connectivity index (χ3n) is 3.44. The molecule has 4 nitrogen and oxygen atoms in total. The molecule has 90 valence electrons. The molecule has 0 radical (unpaired) electrons. The minimum Gasteiger partial charge on any atom is -0.464 e. The van der Waals surface area contributed by atoms with Crippen LogP contribution in [0.1, 0.15) is 19.3 Å². The molecule has 0 spiro atoms. The molecule has 1 fully saturated rings. The van der Waals surface area contributed by atoms with Crippen molar-refractivity contribution in [1.82, 2.24) is 4.98 Å². The number of hydrogen-bond acceptors (Lipinski definition) is 4. The first kappa shape index (κ1) is 10.6. The van der Waals surface area contributed by atoms with E-state index < -0.39 is 0 Å². The Hall–Kier alpha value is -1.55. The summed E-state index contributed by atoms with van der Waals surface area (Å²) in [6, 6.07) is 4.29. The number of nitrogens with one attached hydrogen (secondary N) is 1. The number of furan rings is 1. The monoisotopic (exact) mass is 232 g/mol. The Kier molecular flexibility index (Phi) is 2.73. The van der Waals surface area contributed by atoms with E-state index in [9.17, 15) is 0 Å². The van der Waals surface area contributed by atoms with Gasteiger partial charge in [-0.3, -0.25) is 0 Å². The van der Waals surface area contributed by atoms with Crippen LogP contribution in [-0.4, -0.2) is 24.2 Å². The van der Waals surface area contributed by atoms with Crippen LogP contribution >= 0.6 is 0 Å². The Labute approximate surface area is 100.0 Å². The van der Waals surface area contributed by atoms with E-state index >= 15 is 0 Å². The van der Waals surface area contributed by atoms with E-state index in [0.717, 1.165) is 36.0 Å². The van der Waals surface area contributed by atoms with Crippen molar-refractivity contribution in [1.29, 1.82) is 0 Å². The standard InChI is InChI=1S/C13H16N2O2/c1-16-10-3-2-9(8-10)15-13-11-5-7-17-12(11)4-6-14-13/h4-7,9-10H,2-3,8H2,1H3,(H,14,15). The Morgan fingerprint density at radius 2 is 2.35 bits per heavy atom. The topological polar surface area (TPSA) is 47.3 Å². The number of anilines is 1. The molecule has 3 rings (SSSR count). The lowest BCUT2D eigenvalue weighted by atomic mass is 10.2. The fourth-order valence-electron chi connectivity index (χ4n) is 2.49. The Morgan fingerprint density at radius 1 is 1.41 bits per heavy atom. The number of fused-ring (bicyclic) bond motifs is 1. The van der Waals surface area contributed by atoms with Crippen molar-refractivity contribution in [2.75, 3.05) is 12.4 Å². The van der Waals surface area contributed by atoms with Crippen molar-refractivity contribution in [3.05, 3.63) is 24.6 Å². The molecule has 4 heteroatoms. The lowest BCUT2D eigenvalue weighted by molar-refractivity contribution is 0.108. The van der Waals surface area contributed by atoms with Gasteiger partial charge in [0.25, 0.3) is 0 Å². The van der Waals surface area contributed by atoms with E-state index in [-0.39, 0.29) is 0 Å². The number of ether oxygens (including phenoxy) is 1. The van der Waals surface area contributed by atoms with Gasteiger partial charge in [0.15, 0.2) is 0 Å². The van der Waals surface area contributed by atoms with Crippen LogP contribution < -0.4 is 5.32 Å². The number of aromatic nitrogens is 1. The predicted molar refractivity (Wildman–Crippen MR) is 66.1 cm³/mol. The second-order valence-corrected chi connectivity index (χ2v) is 4.50. The molecule has 1 saturated carbocycles. The van der Waals surface area contributed by atoms with Crippen LogP contribution in [-0.2, 0) is 4.74 Å². The maximum atomic E-state index is 5.37. The highest BCUT2D eigenvalue weighted by Crippen LogP contribution is 2.27. The SMILES string of the molecule is COC1CCC(Nc2nccc3occc23)C1. The highest BCUT2D eigenvalue weighted by molar-refractivity contribution is 5.87. The van der Waals surface area contributed by atoms with Gasteiger partial charge in [-0.25, -0.2) is 4.98 Å². The molecule has 0 amide bonds. The summed E-state index contributed by atoms with van der Waals surface area (Å²) >= 11 is 0. The van der Waals surface area contributed by atoms with Gasteiger partial charge in [-0.15, -0.1) is 0 Å². The molecule has 2 atom stereocenters.